The molecule has 0 unspecified atom stereocenters. The predicted molar refractivity (Wildman–Crippen MR) is 93.0 cm³/mol. The molecule has 2 aromatic rings. The van der Waals surface area contributed by atoms with E-state index in [4.69, 9.17) is 4.42 Å². The SMILES string of the molecule is Cc1cccc(CN2CCCN(C(=O)c3cc(C)oc3C)CC2)n1. The van der Waals surface area contributed by atoms with Crippen LogP contribution >= 0.6 is 0 Å². The third-order valence-electron chi connectivity index (χ3n) is 4.48. The first-order chi connectivity index (χ1) is 11.5. The van der Waals surface area contributed by atoms with E-state index < -0.39 is 0 Å². The number of carbonyl (C=O) groups is 1. The highest BCUT2D eigenvalue weighted by Gasteiger charge is 2.23. The van der Waals surface area contributed by atoms with Gasteiger partial charge in [-0.25, -0.2) is 0 Å². The van der Waals surface area contributed by atoms with Crippen LogP contribution in [0.15, 0.2) is 28.7 Å². The second-order valence-corrected chi connectivity index (χ2v) is 6.52. The molecule has 1 aliphatic heterocycles. The van der Waals surface area contributed by atoms with Crippen molar-refractivity contribution in [3.8, 4) is 0 Å². The number of hydrogen-bond donors (Lipinski definition) is 0. The molecule has 0 spiro atoms. The van der Waals surface area contributed by atoms with Crippen LogP contribution < -0.4 is 0 Å². The monoisotopic (exact) mass is 327 g/mol. The van der Waals surface area contributed by atoms with E-state index in [0.717, 1.165) is 56.3 Å². The van der Waals surface area contributed by atoms with Crippen molar-refractivity contribution < 1.29 is 9.21 Å². The first-order valence-corrected chi connectivity index (χ1v) is 8.54. The fourth-order valence-electron chi connectivity index (χ4n) is 3.26. The third-order valence-corrected chi connectivity index (χ3v) is 4.48. The Morgan fingerprint density at radius 2 is 2.00 bits per heavy atom. The van der Waals surface area contributed by atoms with Crippen LogP contribution in [0, 0.1) is 20.8 Å². The van der Waals surface area contributed by atoms with Crippen LogP contribution in [0.4, 0.5) is 0 Å². The molecule has 0 aliphatic carbocycles. The Balaban J connectivity index is 1.62. The molecule has 3 heterocycles. The zero-order valence-corrected chi connectivity index (χ0v) is 14.7. The summed E-state index contributed by atoms with van der Waals surface area (Å²) in [6.07, 6.45) is 0.980. The first-order valence-electron chi connectivity index (χ1n) is 8.54. The number of aromatic nitrogens is 1. The largest absolute Gasteiger partial charge is 0.466 e. The fraction of sp³-hybridized carbons (Fsp3) is 0.474. The second kappa shape index (κ2) is 7.18. The Bertz CT molecular complexity index is 723. The molecule has 0 radical (unpaired) electrons. The number of nitrogens with zero attached hydrogens (tertiary/aromatic N) is 3. The van der Waals surface area contributed by atoms with Gasteiger partial charge in [0.2, 0.25) is 0 Å². The van der Waals surface area contributed by atoms with Crippen molar-refractivity contribution >= 4 is 5.91 Å². The van der Waals surface area contributed by atoms with E-state index in [1.165, 1.54) is 0 Å². The van der Waals surface area contributed by atoms with Crippen LogP contribution in [0.3, 0.4) is 0 Å². The van der Waals surface area contributed by atoms with E-state index in [9.17, 15) is 4.79 Å². The molecule has 1 saturated heterocycles. The third kappa shape index (κ3) is 3.85. The molecular weight excluding hydrogens is 302 g/mol. The summed E-state index contributed by atoms with van der Waals surface area (Å²) in [6.45, 7) is 9.99. The zero-order chi connectivity index (χ0) is 17.1. The molecule has 0 bridgehead atoms. The van der Waals surface area contributed by atoms with E-state index in [1.807, 2.05) is 37.8 Å². The molecule has 3 rings (SSSR count). The molecule has 0 atom stereocenters. The van der Waals surface area contributed by atoms with Crippen LogP contribution in [0.25, 0.3) is 0 Å². The van der Waals surface area contributed by atoms with E-state index in [1.54, 1.807) is 0 Å². The standard InChI is InChI=1S/C19H25N3O2/c1-14-6-4-7-17(20-14)13-21-8-5-9-22(11-10-21)19(23)18-12-15(2)24-16(18)3/h4,6-7,12H,5,8-11,13H2,1-3H3. The Morgan fingerprint density at radius 3 is 2.71 bits per heavy atom. The normalized spacial score (nSPS) is 16.2. The van der Waals surface area contributed by atoms with Crippen molar-refractivity contribution in [2.24, 2.45) is 0 Å². The molecule has 5 nitrogen and oxygen atoms in total. The van der Waals surface area contributed by atoms with Crippen LogP contribution in [-0.4, -0.2) is 46.9 Å². The van der Waals surface area contributed by atoms with Gasteiger partial charge in [-0.3, -0.25) is 14.7 Å². The molecule has 2 aromatic heterocycles. The summed E-state index contributed by atoms with van der Waals surface area (Å²) in [4.78, 5) is 21.6. The molecule has 24 heavy (non-hydrogen) atoms. The maximum atomic E-state index is 12.7. The van der Waals surface area contributed by atoms with E-state index in [2.05, 4.69) is 22.0 Å². The fourth-order valence-corrected chi connectivity index (χ4v) is 3.26. The summed E-state index contributed by atoms with van der Waals surface area (Å²) in [5, 5.41) is 0. The van der Waals surface area contributed by atoms with Gasteiger partial charge >= 0.3 is 0 Å². The van der Waals surface area contributed by atoms with Gasteiger partial charge in [0, 0.05) is 38.4 Å². The quantitative estimate of drug-likeness (QED) is 0.870. The van der Waals surface area contributed by atoms with Crippen molar-refractivity contribution in [1.82, 2.24) is 14.8 Å². The molecule has 5 heteroatoms. The zero-order valence-electron chi connectivity index (χ0n) is 14.7. The lowest BCUT2D eigenvalue weighted by molar-refractivity contribution is 0.0759. The average Bonchev–Trinajstić information content (AvgIpc) is 2.73. The number of furan rings is 1. The Hall–Kier alpha value is -2.14. The highest BCUT2D eigenvalue weighted by Crippen LogP contribution is 2.17. The van der Waals surface area contributed by atoms with Gasteiger partial charge in [0.1, 0.15) is 11.5 Å². The van der Waals surface area contributed by atoms with Crippen molar-refractivity contribution in [3.05, 3.63) is 52.7 Å². The molecule has 0 aromatic carbocycles. The number of aryl methyl sites for hydroxylation is 3. The molecule has 1 aliphatic rings. The second-order valence-electron chi connectivity index (χ2n) is 6.52. The highest BCUT2D eigenvalue weighted by molar-refractivity contribution is 5.95. The van der Waals surface area contributed by atoms with Crippen molar-refractivity contribution in [2.45, 2.75) is 33.7 Å². The topological polar surface area (TPSA) is 49.6 Å². The van der Waals surface area contributed by atoms with Crippen LogP contribution in [0.1, 0.15) is 39.7 Å². The van der Waals surface area contributed by atoms with Crippen molar-refractivity contribution in [1.29, 1.82) is 0 Å². The van der Waals surface area contributed by atoms with Crippen molar-refractivity contribution in [2.75, 3.05) is 26.2 Å². The Morgan fingerprint density at radius 1 is 1.17 bits per heavy atom. The lowest BCUT2D eigenvalue weighted by atomic mass is 10.2. The predicted octanol–water partition coefficient (Wildman–Crippen LogP) is 2.95. The van der Waals surface area contributed by atoms with E-state index >= 15 is 0 Å². The number of carbonyl (C=O) groups excluding carboxylic acids is 1. The minimum atomic E-state index is 0.0832. The molecule has 0 saturated carbocycles. The molecule has 1 fully saturated rings. The number of amides is 1. The maximum absolute atomic E-state index is 12.7. The number of rotatable bonds is 3. The maximum Gasteiger partial charge on any atom is 0.257 e. The lowest BCUT2D eigenvalue weighted by Gasteiger charge is -2.21. The summed E-state index contributed by atoms with van der Waals surface area (Å²) < 4.78 is 5.50. The van der Waals surface area contributed by atoms with Gasteiger partial charge < -0.3 is 9.32 Å². The summed E-state index contributed by atoms with van der Waals surface area (Å²) in [5.74, 6) is 1.58. The first kappa shape index (κ1) is 16.7. The van der Waals surface area contributed by atoms with Crippen LogP contribution in [0.2, 0.25) is 0 Å². The Labute approximate surface area is 143 Å². The molecular formula is C19H25N3O2. The summed E-state index contributed by atoms with van der Waals surface area (Å²) in [7, 11) is 0. The van der Waals surface area contributed by atoms with Gasteiger partial charge in [-0.2, -0.15) is 0 Å². The molecule has 0 N–H and O–H groups in total. The van der Waals surface area contributed by atoms with E-state index in [-0.39, 0.29) is 5.91 Å². The smallest absolute Gasteiger partial charge is 0.257 e. The van der Waals surface area contributed by atoms with Crippen molar-refractivity contribution in [3.63, 3.8) is 0 Å². The minimum absolute atomic E-state index is 0.0832. The van der Waals surface area contributed by atoms with Gasteiger partial charge in [-0.15, -0.1) is 0 Å². The summed E-state index contributed by atoms with van der Waals surface area (Å²) >= 11 is 0. The van der Waals surface area contributed by atoms with Gasteiger partial charge in [0.05, 0.1) is 11.3 Å². The van der Waals surface area contributed by atoms with Gasteiger partial charge in [-0.1, -0.05) is 6.07 Å². The van der Waals surface area contributed by atoms with Crippen LogP contribution in [-0.2, 0) is 6.54 Å². The number of hydrogen-bond acceptors (Lipinski definition) is 4. The summed E-state index contributed by atoms with van der Waals surface area (Å²) in [5.41, 5.74) is 2.84. The van der Waals surface area contributed by atoms with E-state index in [0.29, 0.717) is 11.3 Å². The van der Waals surface area contributed by atoms with Gasteiger partial charge in [-0.05, 0) is 45.4 Å². The van der Waals surface area contributed by atoms with Gasteiger partial charge in [0.15, 0.2) is 0 Å². The molecule has 128 valence electrons. The summed E-state index contributed by atoms with van der Waals surface area (Å²) in [6, 6.07) is 7.98. The molecule has 1 amide bonds. The minimum Gasteiger partial charge on any atom is -0.466 e. The number of pyridine rings is 1. The average molecular weight is 327 g/mol. The van der Waals surface area contributed by atoms with Crippen LogP contribution in [0.5, 0.6) is 0 Å². The van der Waals surface area contributed by atoms with Gasteiger partial charge in [0.25, 0.3) is 5.91 Å². The highest BCUT2D eigenvalue weighted by atomic mass is 16.3. The lowest BCUT2D eigenvalue weighted by Crippen LogP contribution is -2.35. The Kier molecular flexibility index (Phi) is 5.00.